The highest BCUT2D eigenvalue weighted by Crippen LogP contribution is 2.66. The van der Waals surface area contributed by atoms with Crippen molar-refractivity contribution in [1.29, 1.82) is 0 Å². The van der Waals surface area contributed by atoms with Gasteiger partial charge in [-0.3, -0.25) is 9.69 Å². The van der Waals surface area contributed by atoms with Crippen LogP contribution < -0.4 is 4.74 Å². The smallest absolute Gasteiger partial charge is 0.222 e. The minimum atomic E-state index is -0.918. The number of rotatable bonds is 8. The van der Waals surface area contributed by atoms with Crippen molar-refractivity contribution in [2.45, 2.75) is 87.0 Å². The number of amides is 1. The van der Waals surface area contributed by atoms with Crippen LogP contribution in [-0.2, 0) is 16.6 Å². The van der Waals surface area contributed by atoms with Gasteiger partial charge in [0.1, 0.15) is 6.10 Å². The fourth-order valence-corrected chi connectivity index (χ4v) is 7.78. The third-order valence-corrected chi connectivity index (χ3v) is 9.80. The molecular weight excluding hydrogens is 440 g/mol. The lowest BCUT2D eigenvalue weighted by atomic mass is 9.48. The SMILES string of the molecule is C=CC(=C)CCCC(=O)N(C)C1CC[C@@]2(O)[C@H]3Cc4ccc(O)c5c4[C@@]2(CCN3CC2CC2)[C@H]1O5. The lowest BCUT2D eigenvalue weighted by molar-refractivity contribution is -0.200. The number of phenols is 1. The van der Waals surface area contributed by atoms with Crippen LogP contribution in [0, 0.1) is 5.92 Å². The third-order valence-electron chi connectivity index (χ3n) is 9.80. The van der Waals surface area contributed by atoms with E-state index in [4.69, 9.17) is 4.74 Å². The third kappa shape index (κ3) is 3.25. The number of piperidine rings is 1. The van der Waals surface area contributed by atoms with Gasteiger partial charge in [0, 0.05) is 31.6 Å². The number of carbonyl (C=O) groups excluding carboxylic acids is 1. The second kappa shape index (κ2) is 8.10. The van der Waals surface area contributed by atoms with Gasteiger partial charge in [-0.15, -0.1) is 0 Å². The molecule has 0 radical (unpaired) electrons. The maximum absolute atomic E-state index is 13.2. The summed E-state index contributed by atoms with van der Waals surface area (Å²) in [7, 11) is 1.88. The molecule has 6 heteroatoms. The van der Waals surface area contributed by atoms with Gasteiger partial charge in [0.15, 0.2) is 11.5 Å². The second-order valence-corrected chi connectivity index (χ2v) is 11.6. The van der Waals surface area contributed by atoms with Crippen LogP contribution in [0.15, 0.2) is 36.9 Å². The van der Waals surface area contributed by atoms with Gasteiger partial charge < -0.3 is 19.8 Å². The molecule has 3 aliphatic carbocycles. The van der Waals surface area contributed by atoms with E-state index in [-0.39, 0.29) is 29.8 Å². The molecule has 1 aromatic carbocycles. The number of aliphatic hydroxyl groups is 1. The molecule has 5 atom stereocenters. The van der Waals surface area contributed by atoms with Gasteiger partial charge in [0.2, 0.25) is 5.91 Å². The van der Waals surface area contributed by atoms with E-state index < -0.39 is 11.0 Å². The minimum Gasteiger partial charge on any atom is -0.504 e. The molecule has 1 amide bonds. The molecule has 2 aliphatic heterocycles. The zero-order chi connectivity index (χ0) is 24.5. The number of carbonyl (C=O) groups is 1. The van der Waals surface area contributed by atoms with Gasteiger partial charge in [0.25, 0.3) is 0 Å². The Morgan fingerprint density at radius 1 is 1.29 bits per heavy atom. The molecule has 35 heavy (non-hydrogen) atoms. The standard InChI is InChI=1S/C29H38N2O4/c1-4-18(2)6-5-7-24(33)30(3)21-12-13-29(34)23-16-20-10-11-22(32)26-25(20)28(29,27(21)35-26)14-15-31(23)17-19-8-9-19/h4,10-11,19,21,23,27,32,34H,1-2,5-9,12-17H2,3H3/t21?,23-,27+,28+,29-/m1/s1. The molecule has 6 nitrogen and oxygen atoms in total. The summed E-state index contributed by atoms with van der Waals surface area (Å²) in [6, 6.07) is 3.68. The van der Waals surface area contributed by atoms with E-state index in [0.29, 0.717) is 25.0 Å². The van der Waals surface area contributed by atoms with E-state index >= 15 is 0 Å². The van der Waals surface area contributed by atoms with Crippen LogP contribution in [0.5, 0.6) is 11.5 Å². The molecule has 0 aromatic heterocycles. The zero-order valence-corrected chi connectivity index (χ0v) is 20.8. The van der Waals surface area contributed by atoms with Crippen molar-refractivity contribution in [2.75, 3.05) is 20.1 Å². The maximum Gasteiger partial charge on any atom is 0.222 e. The normalized spacial score (nSPS) is 34.6. The Morgan fingerprint density at radius 2 is 2.09 bits per heavy atom. The second-order valence-electron chi connectivity index (χ2n) is 11.6. The van der Waals surface area contributed by atoms with Gasteiger partial charge >= 0.3 is 0 Å². The zero-order valence-electron chi connectivity index (χ0n) is 20.8. The Labute approximate surface area is 208 Å². The van der Waals surface area contributed by atoms with Crippen molar-refractivity contribution < 1.29 is 19.7 Å². The van der Waals surface area contributed by atoms with Crippen molar-refractivity contribution >= 4 is 5.91 Å². The molecule has 2 heterocycles. The summed E-state index contributed by atoms with van der Waals surface area (Å²) in [5.41, 5.74) is 1.64. The van der Waals surface area contributed by atoms with Crippen LogP contribution in [0.3, 0.4) is 0 Å². The van der Waals surface area contributed by atoms with Gasteiger partial charge in [-0.2, -0.15) is 0 Å². The average molecular weight is 479 g/mol. The van der Waals surface area contributed by atoms with Gasteiger partial charge in [-0.1, -0.05) is 30.9 Å². The molecule has 2 N–H and O–H groups in total. The number of likely N-dealkylation sites (N-methyl/N-ethyl adjacent to an activating group) is 1. The number of phenolic OH excluding ortho intramolecular Hbond substituents is 1. The first-order chi connectivity index (χ1) is 16.8. The van der Waals surface area contributed by atoms with Crippen molar-refractivity contribution in [1.82, 2.24) is 9.80 Å². The summed E-state index contributed by atoms with van der Waals surface area (Å²) in [5, 5.41) is 23.3. The molecule has 1 spiro atoms. The fourth-order valence-electron chi connectivity index (χ4n) is 7.78. The van der Waals surface area contributed by atoms with Gasteiger partial charge in [0.05, 0.1) is 17.1 Å². The van der Waals surface area contributed by atoms with Crippen LogP contribution in [0.4, 0.5) is 0 Å². The Hall–Kier alpha value is -2.31. The lowest BCUT2D eigenvalue weighted by Gasteiger charge is -2.64. The Bertz CT molecular complexity index is 1080. The average Bonchev–Trinajstić information content (AvgIpc) is 3.59. The first-order valence-electron chi connectivity index (χ1n) is 13.3. The number of nitrogens with zero attached hydrogens (tertiary/aromatic N) is 2. The molecular formula is C29H38N2O4. The van der Waals surface area contributed by atoms with E-state index in [1.165, 1.54) is 18.4 Å². The van der Waals surface area contributed by atoms with Crippen LogP contribution in [-0.4, -0.2) is 69.8 Å². The van der Waals surface area contributed by atoms with Crippen LogP contribution in [0.2, 0.25) is 0 Å². The number of aromatic hydroxyl groups is 1. The monoisotopic (exact) mass is 478 g/mol. The first kappa shape index (κ1) is 23.1. The predicted octanol–water partition coefficient (Wildman–Crippen LogP) is 3.70. The molecule has 5 aliphatic rings. The summed E-state index contributed by atoms with van der Waals surface area (Å²) < 4.78 is 6.60. The van der Waals surface area contributed by atoms with Crippen molar-refractivity contribution in [3.05, 3.63) is 48.1 Å². The highest BCUT2D eigenvalue weighted by Gasteiger charge is 2.73. The number of hydrogen-bond acceptors (Lipinski definition) is 5. The van der Waals surface area contributed by atoms with Crippen molar-refractivity contribution in [3.63, 3.8) is 0 Å². The van der Waals surface area contributed by atoms with Crippen LogP contribution in [0.25, 0.3) is 0 Å². The van der Waals surface area contributed by atoms with Crippen LogP contribution >= 0.6 is 0 Å². The number of hydrogen-bond donors (Lipinski definition) is 2. The number of allylic oxidation sites excluding steroid dienone is 2. The van der Waals surface area contributed by atoms with E-state index in [1.807, 2.05) is 18.0 Å². The van der Waals surface area contributed by atoms with Crippen LogP contribution in [0.1, 0.15) is 62.5 Å². The molecule has 3 fully saturated rings. The predicted molar refractivity (Wildman–Crippen MR) is 135 cm³/mol. The summed E-state index contributed by atoms with van der Waals surface area (Å²) in [6.07, 6.45) is 8.85. The maximum atomic E-state index is 13.2. The molecule has 1 saturated heterocycles. The Morgan fingerprint density at radius 3 is 2.83 bits per heavy atom. The largest absolute Gasteiger partial charge is 0.504 e. The van der Waals surface area contributed by atoms with E-state index in [1.54, 1.807) is 12.1 Å². The molecule has 6 rings (SSSR count). The Balaban J connectivity index is 1.34. The van der Waals surface area contributed by atoms with Crippen molar-refractivity contribution in [2.24, 2.45) is 5.92 Å². The molecule has 188 valence electrons. The minimum absolute atomic E-state index is 0.0535. The molecule has 2 saturated carbocycles. The molecule has 1 aromatic rings. The molecule has 2 bridgehead atoms. The summed E-state index contributed by atoms with van der Waals surface area (Å²) in [6.45, 7) is 9.69. The quantitative estimate of drug-likeness (QED) is 0.558. The van der Waals surface area contributed by atoms with E-state index in [9.17, 15) is 15.0 Å². The number of ether oxygens (including phenoxy) is 1. The van der Waals surface area contributed by atoms with E-state index in [2.05, 4.69) is 18.1 Å². The molecule has 1 unspecified atom stereocenters. The summed E-state index contributed by atoms with van der Waals surface area (Å²) in [4.78, 5) is 17.6. The number of likely N-dealkylation sites (tertiary alicyclic amines) is 1. The van der Waals surface area contributed by atoms with Crippen molar-refractivity contribution in [3.8, 4) is 11.5 Å². The topological polar surface area (TPSA) is 73.2 Å². The fraction of sp³-hybridized carbons (Fsp3) is 0.621. The van der Waals surface area contributed by atoms with E-state index in [0.717, 1.165) is 55.8 Å². The Kier molecular flexibility index (Phi) is 5.35. The van der Waals surface area contributed by atoms with Gasteiger partial charge in [-0.05, 0) is 75.5 Å². The lowest BCUT2D eigenvalue weighted by Crippen LogP contribution is -2.78. The first-order valence-corrected chi connectivity index (χ1v) is 13.3. The number of benzene rings is 1. The summed E-state index contributed by atoms with van der Waals surface area (Å²) >= 11 is 0. The van der Waals surface area contributed by atoms with Gasteiger partial charge in [-0.25, -0.2) is 0 Å². The highest BCUT2D eigenvalue weighted by molar-refractivity contribution is 5.76. The highest BCUT2D eigenvalue weighted by atomic mass is 16.5. The summed E-state index contributed by atoms with van der Waals surface area (Å²) in [5.74, 6) is 1.54.